The minimum absolute atomic E-state index is 0.891. The van der Waals surface area contributed by atoms with E-state index in [0.29, 0.717) is 0 Å². The molecule has 3 aromatic heterocycles. The molecule has 0 N–H and O–H groups in total. The number of hydrogen-bond acceptors (Lipinski definition) is 3. The number of benzene rings is 7. The molecule has 3 heterocycles. The standard InChI is InChI=1S/C53H35N3/c1-5-15-36(16-6-1)45-33-49(39-21-11-4-12-22-39)54-50(34-45)43-25-13-23-41(31-43)42-24-14-26-44(32-42)51-35-47(37-17-7-2-8-18-37)46-29-27-40-28-30-48(38-19-9-3-10-20-38)55-52(40)53(46)56-51/h1-35H. The predicted molar refractivity (Wildman–Crippen MR) is 233 cm³/mol. The molecule has 0 atom stereocenters. The highest BCUT2D eigenvalue weighted by Gasteiger charge is 2.15. The Kier molecular flexibility index (Phi) is 8.51. The maximum Gasteiger partial charge on any atom is 0.0978 e. The second-order valence-electron chi connectivity index (χ2n) is 14.0. The van der Waals surface area contributed by atoms with E-state index in [1.165, 1.54) is 0 Å². The van der Waals surface area contributed by atoms with Gasteiger partial charge in [-0.3, -0.25) is 0 Å². The molecule has 0 bridgehead atoms. The van der Waals surface area contributed by atoms with Crippen molar-refractivity contribution >= 4 is 21.8 Å². The van der Waals surface area contributed by atoms with Gasteiger partial charge in [-0.1, -0.05) is 176 Å². The lowest BCUT2D eigenvalue weighted by Gasteiger charge is -2.14. The molecule has 0 spiro atoms. The molecule has 3 heteroatoms. The molecule has 56 heavy (non-hydrogen) atoms. The molecule has 10 rings (SSSR count). The summed E-state index contributed by atoms with van der Waals surface area (Å²) in [5, 5.41) is 2.14. The highest BCUT2D eigenvalue weighted by Crippen LogP contribution is 2.38. The molecule has 0 aliphatic carbocycles. The largest absolute Gasteiger partial charge is 0.248 e. The number of pyridine rings is 3. The van der Waals surface area contributed by atoms with Crippen molar-refractivity contribution in [1.29, 1.82) is 0 Å². The molecule has 0 saturated carbocycles. The topological polar surface area (TPSA) is 38.7 Å². The van der Waals surface area contributed by atoms with Gasteiger partial charge in [0.15, 0.2) is 0 Å². The van der Waals surface area contributed by atoms with E-state index >= 15 is 0 Å². The van der Waals surface area contributed by atoms with Gasteiger partial charge in [-0.15, -0.1) is 0 Å². The summed E-state index contributed by atoms with van der Waals surface area (Å²) >= 11 is 0. The normalized spacial score (nSPS) is 11.2. The summed E-state index contributed by atoms with van der Waals surface area (Å²) in [7, 11) is 0. The van der Waals surface area contributed by atoms with E-state index in [9.17, 15) is 0 Å². The summed E-state index contributed by atoms with van der Waals surface area (Å²) in [4.78, 5) is 15.8. The van der Waals surface area contributed by atoms with E-state index < -0.39 is 0 Å². The molecule has 0 unspecified atom stereocenters. The van der Waals surface area contributed by atoms with E-state index in [-0.39, 0.29) is 0 Å². The summed E-state index contributed by atoms with van der Waals surface area (Å²) in [6.45, 7) is 0. The van der Waals surface area contributed by atoms with Gasteiger partial charge in [-0.05, 0) is 69.8 Å². The quantitative estimate of drug-likeness (QED) is 0.154. The highest BCUT2D eigenvalue weighted by molar-refractivity contribution is 6.09. The van der Waals surface area contributed by atoms with Crippen LogP contribution in [0.2, 0.25) is 0 Å². The van der Waals surface area contributed by atoms with Gasteiger partial charge in [0, 0.05) is 33.0 Å². The number of nitrogens with zero attached hydrogens (tertiary/aromatic N) is 3. The third-order valence-electron chi connectivity index (χ3n) is 10.4. The zero-order chi connectivity index (χ0) is 37.3. The predicted octanol–water partition coefficient (Wildman–Crippen LogP) is 13.8. The molecular weight excluding hydrogens is 679 g/mol. The molecule has 0 radical (unpaired) electrons. The van der Waals surface area contributed by atoms with E-state index in [1.54, 1.807) is 0 Å². The third kappa shape index (κ3) is 6.42. The molecule has 0 saturated heterocycles. The SMILES string of the molecule is c1ccc(-c2cc(-c3ccccc3)nc(-c3cccc(-c4cccc(-c5cc(-c6ccccc6)c6ccc7ccc(-c8ccccc8)nc7c6n5)c4)c3)c2)cc1. The van der Waals surface area contributed by atoms with Crippen molar-refractivity contribution in [1.82, 2.24) is 15.0 Å². The number of aromatic nitrogens is 3. The molecular formula is C53H35N3. The maximum absolute atomic E-state index is 5.40. The average Bonchev–Trinajstić information content (AvgIpc) is 3.29. The Morgan fingerprint density at radius 3 is 1.29 bits per heavy atom. The monoisotopic (exact) mass is 713 g/mol. The summed E-state index contributed by atoms with van der Waals surface area (Å²) in [5.41, 5.74) is 16.6. The van der Waals surface area contributed by atoms with Crippen molar-refractivity contribution in [2.24, 2.45) is 0 Å². The average molecular weight is 714 g/mol. The second kappa shape index (κ2) is 14.4. The maximum atomic E-state index is 5.40. The van der Waals surface area contributed by atoms with Gasteiger partial charge in [-0.2, -0.15) is 0 Å². The Hall–Kier alpha value is -7.49. The fourth-order valence-electron chi connectivity index (χ4n) is 7.59. The smallest absolute Gasteiger partial charge is 0.0978 e. The first-order valence-corrected chi connectivity index (χ1v) is 18.9. The fourth-order valence-corrected chi connectivity index (χ4v) is 7.59. The van der Waals surface area contributed by atoms with Crippen LogP contribution in [0.5, 0.6) is 0 Å². The van der Waals surface area contributed by atoms with Crippen LogP contribution in [0.3, 0.4) is 0 Å². The molecule has 7 aromatic carbocycles. The minimum Gasteiger partial charge on any atom is -0.248 e. The van der Waals surface area contributed by atoms with Crippen LogP contribution in [0.15, 0.2) is 212 Å². The lowest BCUT2D eigenvalue weighted by atomic mass is 9.95. The van der Waals surface area contributed by atoms with E-state index in [4.69, 9.17) is 15.0 Å². The van der Waals surface area contributed by atoms with Crippen molar-refractivity contribution in [2.45, 2.75) is 0 Å². The van der Waals surface area contributed by atoms with Crippen LogP contribution < -0.4 is 0 Å². The van der Waals surface area contributed by atoms with Crippen LogP contribution >= 0.6 is 0 Å². The summed E-state index contributed by atoms with van der Waals surface area (Å²) < 4.78 is 0. The van der Waals surface area contributed by atoms with E-state index in [0.717, 1.165) is 100 Å². The Bertz CT molecular complexity index is 2940. The lowest BCUT2D eigenvalue weighted by molar-refractivity contribution is 1.32. The minimum atomic E-state index is 0.891. The van der Waals surface area contributed by atoms with Gasteiger partial charge in [-0.25, -0.2) is 15.0 Å². The Morgan fingerprint density at radius 1 is 0.232 bits per heavy atom. The van der Waals surface area contributed by atoms with Gasteiger partial charge in [0.2, 0.25) is 0 Å². The zero-order valence-corrected chi connectivity index (χ0v) is 30.5. The molecule has 10 aromatic rings. The molecule has 0 aliphatic rings. The van der Waals surface area contributed by atoms with Crippen molar-refractivity contribution in [2.75, 3.05) is 0 Å². The third-order valence-corrected chi connectivity index (χ3v) is 10.4. The lowest BCUT2D eigenvalue weighted by Crippen LogP contribution is -1.94. The van der Waals surface area contributed by atoms with Crippen LogP contribution in [-0.2, 0) is 0 Å². The van der Waals surface area contributed by atoms with Crippen LogP contribution in [0.4, 0.5) is 0 Å². The molecule has 3 nitrogen and oxygen atoms in total. The van der Waals surface area contributed by atoms with Crippen molar-refractivity contribution in [3.63, 3.8) is 0 Å². The Morgan fingerprint density at radius 2 is 0.679 bits per heavy atom. The first-order chi connectivity index (χ1) is 27.7. The Balaban J connectivity index is 1.10. The van der Waals surface area contributed by atoms with Crippen LogP contribution in [0, 0.1) is 0 Å². The summed E-state index contributed by atoms with van der Waals surface area (Å²) in [6, 6.07) is 74.5. The van der Waals surface area contributed by atoms with Crippen LogP contribution in [0.25, 0.3) is 100 Å². The van der Waals surface area contributed by atoms with Gasteiger partial charge in [0.05, 0.1) is 33.8 Å². The number of fused-ring (bicyclic) bond motifs is 3. The van der Waals surface area contributed by atoms with E-state index in [2.05, 4.69) is 200 Å². The highest BCUT2D eigenvalue weighted by atomic mass is 14.8. The van der Waals surface area contributed by atoms with Crippen molar-refractivity contribution < 1.29 is 0 Å². The first kappa shape index (κ1) is 33.1. The molecule has 0 fully saturated rings. The fraction of sp³-hybridized carbons (Fsp3) is 0. The van der Waals surface area contributed by atoms with Crippen molar-refractivity contribution in [3.8, 4) is 78.4 Å². The molecule has 262 valence electrons. The summed E-state index contributed by atoms with van der Waals surface area (Å²) in [5.74, 6) is 0. The molecule has 0 aliphatic heterocycles. The Labute approximate surface area is 326 Å². The second-order valence-corrected chi connectivity index (χ2v) is 14.0. The van der Waals surface area contributed by atoms with Crippen LogP contribution in [0.1, 0.15) is 0 Å². The van der Waals surface area contributed by atoms with Gasteiger partial charge < -0.3 is 0 Å². The number of hydrogen-bond donors (Lipinski definition) is 0. The first-order valence-electron chi connectivity index (χ1n) is 18.9. The van der Waals surface area contributed by atoms with Gasteiger partial charge in [0.25, 0.3) is 0 Å². The van der Waals surface area contributed by atoms with Gasteiger partial charge in [0.1, 0.15) is 0 Å². The van der Waals surface area contributed by atoms with Crippen molar-refractivity contribution in [3.05, 3.63) is 212 Å². The number of rotatable bonds is 7. The van der Waals surface area contributed by atoms with Crippen LogP contribution in [-0.4, -0.2) is 15.0 Å². The van der Waals surface area contributed by atoms with Gasteiger partial charge >= 0.3 is 0 Å². The summed E-state index contributed by atoms with van der Waals surface area (Å²) in [6.07, 6.45) is 0. The molecule has 0 amide bonds. The zero-order valence-electron chi connectivity index (χ0n) is 30.5. The van der Waals surface area contributed by atoms with E-state index in [1.807, 2.05) is 12.1 Å².